The molecule has 1 unspecified atom stereocenters. The summed E-state index contributed by atoms with van der Waals surface area (Å²) in [5.41, 5.74) is 0.916. The van der Waals surface area contributed by atoms with Crippen LogP contribution in [-0.4, -0.2) is 33.5 Å². The summed E-state index contributed by atoms with van der Waals surface area (Å²) in [6, 6.07) is 10.8. The number of Topliss-reactive ketones (excluding diaryl/α,β-unsaturated/α-hetero) is 1. The molecule has 0 radical (unpaired) electrons. The minimum absolute atomic E-state index is 0.0409. The molecule has 158 valence electrons. The number of hydrogen-bond donors (Lipinski definition) is 1. The van der Waals surface area contributed by atoms with Crippen molar-refractivity contribution in [1.29, 1.82) is 0 Å². The fourth-order valence-electron chi connectivity index (χ4n) is 3.47. The molecule has 1 aromatic carbocycles. The molecule has 4 rings (SSSR count). The normalized spacial score (nSPS) is 17.9. The van der Waals surface area contributed by atoms with Crippen molar-refractivity contribution in [3.05, 3.63) is 77.3 Å². The van der Waals surface area contributed by atoms with Gasteiger partial charge in [-0.05, 0) is 49.2 Å². The highest BCUT2D eigenvalue weighted by Crippen LogP contribution is 2.41. The fourth-order valence-corrected chi connectivity index (χ4v) is 3.47. The number of anilines is 1. The molecule has 0 saturated carbocycles. The van der Waals surface area contributed by atoms with Gasteiger partial charge in [0.1, 0.15) is 17.3 Å². The molecule has 1 atom stereocenters. The van der Waals surface area contributed by atoms with E-state index in [0.29, 0.717) is 29.2 Å². The molecule has 3 aromatic rings. The molecule has 1 fully saturated rings. The van der Waals surface area contributed by atoms with Crippen LogP contribution in [-0.2, 0) is 9.59 Å². The van der Waals surface area contributed by atoms with Crippen LogP contribution in [0.5, 0.6) is 5.75 Å². The number of aromatic nitrogens is 2. The van der Waals surface area contributed by atoms with Gasteiger partial charge < -0.3 is 14.4 Å². The molecule has 1 aliphatic rings. The second-order valence-corrected chi connectivity index (χ2v) is 7.12. The van der Waals surface area contributed by atoms with Crippen molar-refractivity contribution in [3.63, 3.8) is 0 Å². The van der Waals surface area contributed by atoms with Gasteiger partial charge in [0.15, 0.2) is 5.82 Å². The van der Waals surface area contributed by atoms with Crippen molar-refractivity contribution >= 4 is 23.3 Å². The van der Waals surface area contributed by atoms with E-state index >= 15 is 0 Å². The molecule has 0 bridgehead atoms. The largest absolute Gasteiger partial charge is 0.507 e. The molecule has 8 heteroatoms. The van der Waals surface area contributed by atoms with Crippen molar-refractivity contribution in [1.82, 2.24) is 10.1 Å². The van der Waals surface area contributed by atoms with E-state index < -0.39 is 17.7 Å². The maximum Gasteiger partial charge on any atom is 0.301 e. The maximum absolute atomic E-state index is 13.0. The number of aliphatic hydroxyl groups excluding tert-OH is 1. The topological polar surface area (TPSA) is 106 Å². The Hall–Kier alpha value is -3.94. The standard InChI is InChI=1S/C23H21N3O5/c1-3-11-30-17-8-6-15(7-9-17)21(27)19-20(16-5-4-10-24-13-16)26(23(29)22(19)28)18-12-14(2)31-25-18/h4-10,12-13,20,27H,3,11H2,1-2H3/b21-19-. The summed E-state index contributed by atoms with van der Waals surface area (Å²) in [6.07, 6.45) is 4.01. The zero-order valence-electron chi connectivity index (χ0n) is 17.1. The number of hydrogen-bond acceptors (Lipinski definition) is 7. The van der Waals surface area contributed by atoms with Crippen LogP contribution in [0.4, 0.5) is 5.82 Å². The van der Waals surface area contributed by atoms with E-state index in [4.69, 9.17) is 9.26 Å². The number of aliphatic hydroxyl groups is 1. The summed E-state index contributed by atoms with van der Waals surface area (Å²) in [5, 5.41) is 15.0. The summed E-state index contributed by atoms with van der Waals surface area (Å²) in [5.74, 6) is -0.553. The number of amides is 1. The summed E-state index contributed by atoms with van der Waals surface area (Å²) < 4.78 is 10.7. The molecule has 1 amide bonds. The summed E-state index contributed by atoms with van der Waals surface area (Å²) in [7, 11) is 0. The van der Waals surface area contributed by atoms with Crippen molar-refractivity contribution in [3.8, 4) is 5.75 Å². The fraction of sp³-hybridized carbons (Fsp3) is 0.217. The monoisotopic (exact) mass is 419 g/mol. The zero-order chi connectivity index (χ0) is 22.0. The highest BCUT2D eigenvalue weighted by Gasteiger charge is 2.48. The van der Waals surface area contributed by atoms with E-state index in [1.165, 1.54) is 4.90 Å². The second kappa shape index (κ2) is 8.43. The van der Waals surface area contributed by atoms with Gasteiger partial charge in [0, 0.05) is 24.0 Å². The molecule has 0 spiro atoms. The van der Waals surface area contributed by atoms with E-state index in [0.717, 1.165) is 6.42 Å². The molecule has 0 aliphatic carbocycles. The summed E-state index contributed by atoms with van der Waals surface area (Å²) in [6.45, 7) is 4.27. The Labute approximate surface area is 178 Å². The van der Waals surface area contributed by atoms with E-state index in [2.05, 4.69) is 10.1 Å². The third kappa shape index (κ3) is 3.79. The molecule has 2 aromatic heterocycles. The van der Waals surface area contributed by atoms with Crippen LogP contribution >= 0.6 is 0 Å². The maximum atomic E-state index is 13.0. The number of carbonyl (C=O) groups is 2. The lowest BCUT2D eigenvalue weighted by Gasteiger charge is -2.22. The SMILES string of the molecule is CCCOc1ccc(/C(O)=C2/C(=O)C(=O)N(c3cc(C)on3)C2c2cccnc2)cc1. The quantitative estimate of drug-likeness (QED) is 0.368. The zero-order valence-corrected chi connectivity index (χ0v) is 17.1. The van der Waals surface area contributed by atoms with E-state index in [1.54, 1.807) is 61.8 Å². The van der Waals surface area contributed by atoms with Gasteiger partial charge in [-0.1, -0.05) is 18.1 Å². The number of ketones is 1. The first kappa shape index (κ1) is 20.3. The number of carbonyl (C=O) groups excluding carboxylic acids is 2. The van der Waals surface area contributed by atoms with Crippen LogP contribution in [0.15, 0.2) is 65.0 Å². The Morgan fingerprint density at radius 3 is 2.61 bits per heavy atom. The van der Waals surface area contributed by atoms with E-state index in [1.807, 2.05) is 6.92 Å². The van der Waals surface area contributed by atoms with Crippen molar-refractivity contribution in [2.24, 2.45) is 0 Å². The van der Waals surface area contributed by atoms with Gasteiger partial charge in [-0.2, -0.15) is 0 Å². The Morgan fingerprint density at radius 2 is 2.00 bits per heavy atom. The van der Waals surface area contributed by atoms with Gasteiger partial charge in [0.05, 0.1) is 18.2 Å². The van der Waals surface area contributed by atoms with Crippen LogP contribution in [0.2, 0.25) is 0 Å². The minimum atomic E-state index is -0.894. The third-order valence-electron chi connectivity index (χ3n) is 4.91. The first-order valence-corrected chi connectivity index (χ1v) is 9.88. The first-order chi connectivity index (χ1) is 15.0. The highest BCUT2D eigenvalue weighted by atomic mass is 16.5. The Morgan fingerprint density at radius 1 is 1.23 bits per heavy atom. The van der Waals surface area contributed by atoms with Gasteiger partial charge in [-0.15, -0.1) is 0 Å². The third-order valence-corrected chi connectivity index (χ3v) is 4.91. The Balaban J connectivity index is 1.82. The van der Waals surface area contributed by atoms with E-state index in [9.17, 15) is 14.7 Å². The number of rotatable bonds is 6. The minimum Gasteiger partial charge on any atom is -0.507 e. The average molecular weight is 419 g/mol. The summed E-state index contributed by atoms with van der Waals surface area (Å²) in [4.78, 5) is 31.2. The summed E-state index contributed by atoms with van der Waals surface area (Å²) >= 11 is 0. The molecule has 1 aliphatic heterocycles. The van der Waals surface area contributed by atoms with Gasteiger partial charge in [-0.25, -0.2) is 0 Å². The van der Waals surface area contributed by atoms with E-state index in [-0.39, 0.29) is 17.2 Å². The van der Waals surface area contributed by atoms with Gasteiger partial charge >= 0.3 is 5.91 Å². The van der Waals surface area contributed by atoms with Crippen LogP contribution < -0.4 is 9.64 Å². The van der Waals surface area contributed by atoms with Crippen LogP contribution in [0.1, 0.15) is 36.3 Å². The molecule has 1 saturated heterocycles. The number of pyridine rings is 1. The molecule has 31 heavy (non-hydrogen) atoms. The molecule has 3 heterocycles. The lowest BCUT2D eigenvalue weighted by molar-refractivity contribution is -0.132. The first-order valence-electron chi connectivity index (χ1n) is 9.88. The highest BCUT2D eigenvalue weighted by molar-refractivity contribution is 6.51. The van der Waals surface area contributed by atoms with Crippen LogP contribution in [0.25, 0.3) is 5.76 Å². The molecule has 1 N–H and O–H groups in total. The van der Waals surface area contributed by atoms with Gasteiger partial charge in [0.25, 0.3) is 5.78 Å². The number of aryl methyl sites for hydroxylation is 1. The molecular formula is C23H21N3O5. The van der Waals surface area contributed by atoms with Crippen molar-refractivity contribution in [2.45, 2.75) is 26.3 Å². The predicted molar refractivity (Wildman–Crippen MR) is 112 cm³/mol. The lowest BCUT2D eigenvalue weighted by Crippen LogP contribution is -2.29. The number of ether oxygens (including phenoxy) is 1. The Bertz CT molecular complexity index is 1140. The van der Waals surface area contributed by atoms with Crippen molar-refractivity contribution in [2.75, 3.05) is 11.5 Å². The number of benzene rings is 1. The second-order valence-electron chi connectivity index (χ2n) is 7.12. The van der Waals surface area contributed by atoms with Crippen molar-refractivity contribution < 1.29 is 24.0 Å². The average Bonchev–Trinajstić information content (AvgIpc) is 3.33. The molecule has 8 nitrogen and oxygen atoms in total. The van der Waals surface area contributed by atoms with Crippen LogP contribution in [0.3, 0.4) is 0 Å². The predicted octanol–water partition coefficient (Wildman–Crippen LogP) is 3.79. The van der Waals surface area contributed by atoms with Gasteiger partial charge in [0.2, 0.25) is 0 Å². The lowest BCUT2D eigenvalue weighted by atomic mass is 9.96. The smallest absolute Gasteiger partial charge is 0.301 e. The number of nitrogens with zero attached hydrogens (tertiary/aromatic N) is 3. The van der Waals surface area contributed by atoms with Gasteiger partial charge in [-0.3, -0.25) is 19.5 Å². The molecular weight excluding hydrogens is 398 g/mol. The van der Waals surface area contributed by atoms with Crippen LogP contribution in [0, 0.1) is 6.92 Å². The Kier molecular flexibility index (Phi) is 5.53.